The van der Waals surface area contributed by atoms with Gasteiger partial charge >= 0.3 is 0 Å². The first-order chi connectivity index (χ1) is 9.31. The molecule has 0 radical (unpaired) electrons. The van der Waals surface area contributed by atoms with Crippen molar-refractivity contribution < 1.29 is 12.8 Å². The lowest BCUT2D eigenvalue weighted by atomic mass is 9.80. The number of hydrogen-bond acceptors (Lipinski definition) is 4. The van der Waals surface area contributed by atoms with E-state index in [0.29, 0.717) is 18.2 Å². The van der Waals surface area contributed by atoms with E-state index in [1.165, 1.54) is 6.07 Å². The fourth-order valence-corrected chi connectivity index (χ4v) is 3.68. The third-order valence-electron chi connectivity index (χ3n) is 3.59. The van der Waals surface area contributed by atoms with Crippen LogP contribution in [-0.2, 0) is 16.6 Å². The van der Waals surface area contributed by atoms with Crippen LogP contribution in [0.4, 0.5) is 0 Å². The van der Waals surface area contributed by atoms with Crippen molar-refractivity contribution in [3.05, 3.63) is 17.9 Å². The lowest BCUT2D eigenvalue weighted by molar-refractivity contribution is 0.245. The first-order valence-electron chi connectivity index (χ1n) is 7.14. The van der Waals surface area contributed by atoms with Gasteiger partial charge in [-0.25, -0.2) is 13.1 Å². The molecule has 0 saturated heterocycles. The number of hydrogen-bond donors (Lipinski definition) is 2. The Bertz CT molecular complexity index is 545. The minimum Gasteiger partial charge on any atom is -0.447 e. The smallest absolute Gasteiger partial charge is 0.274 e. The highest BCUT2D eigenvalue weighted by Crippen LogP contribution is 2.32. The summed E-state index contributed by atoms with van der Waals surface area (Å²) < 4.78 is 32.6. The number of rotatable bonds is 7. The standard InChI is InChI=1S/C14H24N2O3S/c1-11(2)9-15-10-12-5-6-13(19-12)20(17,18)16-14(3)7-4-8-14/h5-6,11,15-16H,4,7-10H2,1-3H3. The molecule has 1 aliphatic rings. The second-order valence-electron chi connectivity index (χ2n) is 6.27. The van der Waals surface area contributed by atoms with Gasteiger partial charge < -0.3 is 9.73 Å². The molecule has 20 heavy (non-hydrogen) atoms. The first kappa shape index (κ1) is 15.5. The molecule has 1 aromatic rings. The zero-order valence-electron chi connectivity index (χ0n) is 12.4. The van der Waals surface area contributed by atoms with Crippen LogP contribution in [0.25, 0.3) is 0 Å². The highest BCUT2D eigenvalue weighted by atomic mass is 32.2. The SMILES string of the molecule is CC(C)CNCc1ccc(S(=O)(=O)NC2(C)CCC2)o1. The van der Waals surface area contributed by atoms with Crippen LogP contribution in [0, 0.1) is 5.92 Å². The van der Waals surface area contributed by atoms with Crippen molar-refractivity contribution in [2.75, 3.05) is 6.54 Å². The van der Waals surface area contributed by atoms with Crippen LogP contribution in [0.5, 0.6) is 0 Å². The third kappa shape index (κ3) is 3.84. The van der Waals surface area contributed by atoms with Gasteiger partial charge in [0.25, 0.3) is 10.0 Å². The van der Waals surface area contributed by atoms with E-state index in [1.54, 1.807) is 6.07 Å². The fraction of sp³-hybridized carbons (Fsp3) is 0.714. The second kappa shape index (κ2) is 5.87. The number of furan rings is 1. The average Bonchev–Trinajstić information content (AvgIpc) is 2.75. The van der Waals surface area contributed by atoms with Crippen LogP contribution in [0.2, 0.25) is 0 Å². The van der Waals surface area contributed by atoms with Crippen molar-refractivity contribution in [3.8, 4) is 0 Å². The molecule has 0 spiro atoms. The second-order valence-corrected chi connectivity index (χ2v) is 7.88. The Morgan fingerprint density at radius 3 is 2.60 bits per heavy atom. The molecule has 0 aromatic carbocycles. The monoisotopic (exact) mass is 300 g/mol. The van der Waals surface area contributed by atoms with E-state index in [2.05, 4.69) is 23.9 Å². The van der Waals surface area contributed by atoms with Crippen molar-refractivity contribution in [2.45, 2.75) is 57.2 Å². The van der Waals surface area contributed by atoms with Crippen molar-refractivity contribution in [3.63, 3.8) is 0 Å². The van der Waals surface area contributed by atoms with Gasteiger partial charge in [0.2, 0.25) is 5.09 Å². The lowest BCUT2D eigenvalue weighted by Crippen LogP contribution is -2.50. The topological polar surface area (TPSA) is 71.3 Å². The Labute approximate surface area is 121 Å². The molecule has 1 saturated carbocycles. The van der Waals surface area contributed by atoms with E-state index in [0.717, 1.165) is 25.8 Å². The molecule has 1 fully saturated rings. The average molecular weight is 300 g/mol. The molecular weight excluding hydrogens is 276 g/mol. The van der Waals surface area contributed by atoms with Gasteiger partial charge in [-0.1, -0.05) is 13.8 Å². The van der Waals surface area contributed by atoms with E-state index in [9.17, 15) is 8.42 Å². The molecule has 5 nitrogen and oxygen atoms in total. The molecule has 1 heterocycles. The van der Waals surface area contributed by atoms with Gasteiger partial charge in [-0.15, -0.1) is 0 Å². The van der Waals surface area contributed by atoms with E-state index in [-0.39, 0.29) is 10.6 Å². The van der Waals surface area contributed by atoms with Gasteiger partial charge in [0.05, 0.1) is 6.54 Å². The summed E-state index contributed by atoms with van der Waals surface area (Å²) in [7, 11) is -3.54. The quantitative estimate of drug-likeness (QED) is 0.810. The number of sulfonamides is 1. The highest BCUT2D eigenvalue weighted by Gasteiger charge is 2.37. The first-order valence-corrected chi connectivity index (χ1v) is 8.62. The van der Waals surface area contributed by atoms with Crippen LogP contribution in [0.15, 0.2) is 21.6 Å². The Kier molecular flexibility index (Phi) is 4.56. The summed E-state index contributed by atoms with van der Waals surface area (Å²) in [5.41, 5.74) is -0.304. The van der Waals surface area contributed by atoms with Crippen LogP contribution in [0.1, 0.15) is 45.8 Å². The largest absolute Gasteiger partial charge is 0.447 e. The Morgan fingerprint density at radius 2 is 2.05 bits per heavy atom. The molecule has 2 rings (SSSR count). The Morgan fingerprint density at radius 1 is 1.35 bits per heavy atom. The summed E-state index contributed by atoms with van der Waals surface area (Å²) in [6.45, 7) is 7.59. The van der Waals surface area contributed by atoms with E-state index in [4.69, 9.17) is 4.42 Å². The zero-order chi connectivity index (χ0) is 14.8. The van der Waals surface area contributed by atoms with Gasteiger partial charge in [-0.05, 0) is 50.8 Å². The molecule has 2 N–H and O–H groups in total. The lowest BCUT2D eigenvalue weighted by Gasteiger charge is -2.38. The molecule has 0 bridgehead atoms. The summed E-state index contributed by atoms with van der Waals surface area (Å²) in [4.78, 5) is 0. The summed E-state index contributed by atoms with van der Waals surface area (Å²) in [6.07, 6.45) is 2.84. The van der Waals surface area contributed by atoms with E-state index in [1.807, 2.05) is 6.92 Å². The molecule has 0 atom stereocenters. The maximum atomic E-state index is 12.2. The van der Waals surface area contributed by atoms with Crippen LogP contribution < -0.4 is 10.0 Å². The van der Waals surface area contributed by atoms with Crippen molar-refractivity contribution in [1.29, 1.82) is 0 Å². The van der Waals surface area contributed by atoms with Gasteiger partial charge in [0.1, 0.15) is 5.76 Å². The van der Waals surface area contributed by atoms with E-state index >= 15 is 0 Å². The molecule has 0 amide bonds. The molecule has 0 unspecified atom stereocenters. The molecule has 0 aliphatic heterocycles. The maximum Gasteiger partial charge on any atom is 0.274 e. The molecular formula is C14H24N2O3S. The van der Waals surface area contributed by atoms with Crippen molar-refractivity contribution in [1.82, 2.24) is 10.0 Å². The fourth-order valence-electron chi connectivity index (χ4n) is 2.27. The predicted molar refractivity (Wildman–Crippen MR) is 77.8 cm³/mol. The molecule has 114 valence electrons. The van der Waals surface area contributed by atoms with Crippen molar-refractivity contribution in [2.24, 2.45) is 5.92 Å². The minimum absolute atomic E-state index is 0.00646. The maximum absolute atomic E-state index is 12.2. The molecule has 1 aromatic heterocycles. The predicted octanol–water partition coefficient (Wildman–Crippen LogP) is 2.25. The Hall–Kier alpha value is -0.850. The summed E-state index contributed by atoms with van der Waals surface area (Å²) >= 11 is 0. The van der Waals surface area contributed by atoms with Crippen molar-refractivity contribution >= 4 is 10.0 Å². The summed E-state index contributed by atoms with van der Waals surface area (Å²) in [5.74, 6) is 1.19. The summed E-state index contributed by atoms with van der Waals surface area (Å²) in [6, 6.07) is 3.24. The van der Waals surface area contributed by atoms with E-state index < -0.39 is 10.0 Å². The van der Waals surface area contributed by atoms with Gasteiger partial charge in [-0.2, -0.15) is 0 Å². The highest BCUT2D eigenvalue weighted by molar-refractivity contribution is 7.89. The van der Waals surface area contributed by atoms with Gasteiger partial charge in [0.15, 0.2) is 0 Å². The zero-order valence-corrected chi connectivity index (χ0v) is 13.2. The van der Waals surface area contributed by atoms with Crippen LogP contribution in [-0.4, -0.2) is 20.5 Å². The normalized spacial score (nSPS) is 18.2. The third-order valence-corrected chi connectivity index (χ3v) is 5.10. The van der Waals surface area contributed by atoms with Gasteiger partial charge in [0, 0.05) is 5.54 Å². The number of nitrogens with one attached hydrogen (secondary N) is 2. The van der Waals surface area contributed by atoms with Crippen LogP contribution in [0.3, 0.4) is 0 Å². The molecule has 6 heteroatoms. The van der Waals surface area contributed by atoms with Crippen LogP contribution >= 0.6 is 0 Å². The minimum atomic E-state index is -3.54. The summed E-state index contributed by atoms with van der Waals surface area (Å²) in [5, 5.41) is 3.23. The van der Waals surface area contributed by atoms with Gasteiger partial charge in [-0.3, -0.25) is 0 Å². The molecule has 1 aliphatic carbocycles. The Balaban J connectivity index is 1.96.